The van der Waals surface area contributed by atoms with E-state index in [1.165, 1.54) is 19.6 Å². The van der Waals surface area contributed by atoms with Gasteiger partial charge in [0.25, 0.3) is 5.08 Å². The summed E-state index contributed by atoms with van der Waals surface area (Å²) in [5.74, 6) is 0. The fourth-order valence-electron chi connectivity index (χ4n) is 2.22. The third kappa shape index (κ3) is 10.5. The van der Waals surface area contributed by atoms with E-state index < -0.39 is 26.7 Å². The Morgan fingerprint density at radius 3 is 1.50 bits per heavy atom. The number of hydrogen-bond acceptors (Lipinski definition) is 5. The van der Waals surface area contributed by atoms with Crippen LogP contribution in [0.5, 0.6) is 0 Å². The predicted molar refractivity (Wildman–Crippen MR) is 104 cm³/mol. The highest BCUT2D eigenvalue weighted by molar-refractivity contribution is 7.72. The molecule has 11 heteroatoms. The quantitative estimate of drug-likeness (QED) is 0.236. The van der Waals surface area contributed by atoms with Crippen LogP contribution < -0.4 is 0 Å². The average Bonchev–Trinajstić information content (AvgIpc) is 2.53. The second-order valence-corrected chi connectivity index (χ2v) is 10.3. The van der Waals surface area contributed by atoms with Crippen molar-refractivity contribution in [2.45, 2.75) is 58.5 Å². The second-order valence-electron chi connectivity index (χ2n) is 6.24. The first-order chi connectivity index (χ1) is 11.8. The summed E-state index contributed by atoms with van der Waals surface area (Å²) in [5.41, 5.74) is 0. The van der Waals surface area contributed by atoms with Crippen molar-refractivity contribution in [2.75, 3.05) is 39.8 Å². The zero-order valence-electron chi connectivity index (χ0n) is 16.7. The van der Waals surface area contributed by atoms with E-state index in [2.05, 4.69) is 25.7 Å². The Morgan fingerprint density at radius 2 is 1.23 bits per heavy atom. The summed E-state index contributed by atoms with van der Waals surface area (Å²) < 4.78 is 22.2. The minimum atomic E-state index is -5.33. The normalized spacial score (nSPS) is 13.1. The molecule has 0 aromatic carbocycles. The summed E-state index contributed by atoms with van der Waals surface area (Å²) in [7, 11) is -9.00. The molecule has 0 bridgehead atoms. The lowest BCUT2D eigenvalue weighted by Crippen LogP contribution is -2.34. The molecule has 0 radical (unpaired) electrons. The first-order valence-electron chi connectivity index (χ1n) is 9.05. The van der Waals surface area contributed by atoms with Crippen molar-refractivity contribution in [3.8, 4) is 0 Å². The Morgan fingerprint density at radius 1 is 0.808 bits per heavy atom. The van der Waals surface area contributed by atoms with Crippen molar-refractivity contribution in [2.24, 2.45) is 0 Å². The molecule has 160 valence electrons. The largest absolute Gasteiger partial charge is 0.369 e. The Bertz CT molecular complexity index is 422. The summed E-state index contributed by atoms with van der Waals surface area (Å²) in [6.45, 7) is 12.8. The molecule has 0 rings (SSSR count). The van der Waals surface area contributed by atoms with E-state index in [4.69, 9.17) is 19.6 Å². The maximum atomic E-state index is 11.1. The highest BCUT2D eigenvalue weighted by Crippen LogP contribution is 2.68. The molecule has 0 heterocycles. The topological polar surface area (TPSA) is 142 Å². The van der Waals surface area contributed by atoms with Gasteiger partial charge in [0.05, 0.1) is 0 Å². The van der Waals surface area contributed by atoms with Gasteiger partial charge in [-0.15, -0.1) is 0 Å². The highest BCUT2D eigenvalue weighted by Gasteiger charge is 2.58. The van der Waals surface area contributed by atoms with Crippen molar-refractivity contribution in [1.29, 1.82) is 0 Å². The third-order valence-electron chi connectivity index (χ3n) is 4.25. The van der Waals surface area contributed by atoms with Crippen LogP contribution in [0.4, 0.5) is 0 Å². The highest BCUT2D eigenvalue weighted by atomic mass is 31.2. The Hall–Kier alpha value is 0.180. The van der Waals surface area contributed by atoms with E-state index in [0.29, 0.717) is 6.54 Å². The smallest absolute Gasteiger partial charge is 0.367 e. The number of hydrogen-bond donors (Lipinski definition) is 5. The van der Waals surface area contributed by atoms with Gasteiger partial charge in [0.2, 0.25) is 0 Å². The van der Waals surface area contributed by atoms with E-state index in [1.54, 1.807) is 11.9 Å². The van der Waals surface area contributed by atoms with Crippen LogP contribution in [0.25, 0.3) is 0 Å². The molecule has 26 heavy (non-hydrogen) atoms. The molecular weight excluding hydrogens is 382 g/mol. The molecule has 5 N–H and O–H groups in total. The molecular formula is C15H38N2O7P2. The number of unbranched alkanes of at least 4 members (excludes halogenated alkanes) is 2. The van der Waals surface area contributed by atoms with Crippen molar-refractivity contribution in [1.82, 2.24) is 9.80 Å². The van der Waals surface area contributed by atoms with Gasteiger partial charge in [-0.1, -0.05) is 40.5 Å². The van der Waals surface area contributed by atoms with Crippen LogP contribution >= 0.6 is 15.2 Å². The van der Waals surface area contributed by atoms with Gasteiger partial charge in [-0.25, -0.2) is 0 Å². The van der Waals surface area contributed by atoms with Crippen LogP contribution in [-0.2, 0) is 9.13 Å². The molecule has 0 aromatic rings. The molecule has 0 aliphatic heterocycles. The van der Waals surface area contributed by atoms with Gasteiger partial charge in [0.15, 0.2) is 0 Å². The minimum Gasteiger partial charge on any atom is -0.367 e. The molecule has 9 nitrogen and oxygen atoms in total. The predicted octanol–water partition coefficient (Wildman–Crippen LogP) is 1.85. The van der Waals surface area contributed by atoms with Crippen LogP contribution in [-0.4, -0.2) is 79.3 Å². The van der Waals surface area contributed by atoms with Gasteiger partial charge in [-0.2, -0.15) is 0 Å². The van der Waals surface area contributed by atoms with E-state index >= 15 is 0 Å². The van der Waals surface area contributed by atoms with Crippen molar-refractivity contribution in [3.63, 3.8) is 0 Å². The summed E-state index contributed by atoms with van der Waals surface area (Å²) in [6, 6.07) is 0. The number of nitrogens with zero attached hydrogens (tertiary/aromatic N) is 2. The lowest BCUT2D eigenvalue weighted by Gasteiger charge is -2.30. The summed E-state index contributed by atoms with van der Waals surface area (Å²) >= 11 is 0. The Kier molecular flexibility index (Phi) is 14.6. The maximum absolute atomic E-state index is 11.1. The monoisotopic (exact) mass is 420 g/mol. The fourth-order valence-corrected chi connectivity index (χ4v) is 4.36. The molecule has 0 spiro atoms. The summed E-state index contributed by atoms with van der Waals surface area (Å²) in [6.07, 6.45) is 2.19. The van der Waals surface area contributed by atoms with Gasteiger partial charge < -0.3 is 34.5 Å². The fraction of sp³-hybridized carbons (Fsp3) is 1.00. The molecule has 0 unspecified atom stereocenters. The minimum absolute atomic E-state index is 0.0174. The molecule has 0 atom stereocenters. The lowest BCUT2D eigenvalue weighted by molar-refractivity contribution is 0.112. The standard InChI is InChI=1S/C9H23NO7P2.C6H15N/c1-3-4-5-7-10(2)8-6-9(11,18(12,13)14)19(15,16)17;1-4-7(5-2)6-3/h11H,3-8H2,1-2H3,(H2,12,13,14)(H2,15,16,17);4-6H2,1-3H3. The molecule has 0 saturated carbocycles. The summed E-state index contributed by atoms with van der Waals surface area (Å²) in [4.78, 5) is 39.8. The molecule has 0 fully saturated rings. The van der Waals surface area contributed by atoms with Gasteiger partial charge in [0, 0.05) is 13.0 Å². The number of rotatable bonds is 12. The van der Waals surface area contributed by atoms with Gasteiger partial charge in [0.1, 0.15) is 0 Å². The third-order valence-corrected chi connectivity index (χ3v) is 8.12. The van der Waals surface area contributed by atoms with Gasteiger partial charge in [-0.05, 0) is 39.6 Å². The van der Waals surface area contributed by atoms with Crippen LogP contribution in [0, 0.1) is 0 Å². The van der Waals surface area contributed by atoms with Crippen molar-refractivity contribution < 1.29 is 33.8 Å². The number of aliphatic hydroxyl groups is 1. The van der Waals surface area contributed by atoms with E-state index in [9.17, 15) is 14.2 Å². The van der Waals surface area contributed by atoms with Gasteiger partial charge >= 0.3 is 15.2 Å². The van der Waals surface area contributed by atoms with Crippen molar-refractivity contribution >= 4 is 15.2 Å². The van der Waals surface area contributed by atoms with E-state index in [0.717, 1.165) is 19.3 Å². The Balaban J connectivity index is 0. The Labute approximate surface area is 157 Å². The van der Waals surface area contributed by atoms with Crippen LogP contribution in [0.2, 0.25) is 0 Å². The molecule has 0 amide bonds. The molecule has 0 saturated heterocycles. The SMILES string of the molecule is CCCCCN(C)CCC(O)(P(=O)(O)O)P(=O)(O)O.CCN(CC)CC. The first kappa shape index (κ1) is 28.4. The average molecular weight is 420 g/mol. The van der Waals surface area contributed by atoms with Crippen LogP contribution in [0.1, 0.15) is 53.4 Å². The maximum Gasteiger partial charge on any atom is 0.369 e. The van der Waals surface area contributed by atoms with E-state index in [1.807, 2.05) is 6.92 Å². The second kappa shape index (κ2) is 13.4. The molecule has 0 aliphatic carbocycles. The zero-order valence-corrected chi connectivity index (χ0v) is 18.5. The first-order valence-corrected chi connectivity index (χ1v) is 12.3. The van der Waals surface area contributed by atoms with Crippen LogP contribution in [0.3, 0.4) is 0 Å². The van der Waals surface area contributed by atoms with Crippen molar-refractivity contribution in [3.05, 3.63) is 0 Å². The van der Waals surface area contributed by atoms with Gasteiger partial charge in [-0.3, -0.25) is 9.13 Å². The molecule has 0 aliphatic rings. The van der Waals surface area contributed by atoms with E-state index in [-0.39, 0.29) is 6.54 Å². The molecule has 0 aromatic heterocycles. The zero-order chi connectivity index (χ0) is 21.0. The lowest BCUT2D eigenvalue weighted by atomic mass is 10.2. The van der Waals surface area contributed by atoms with Crippen LogP contribution in [0.15, 0.2) is 0 Å². The summed E-state index contributed by atoms with van der Waals surface area (Å²) in [5, 5.41) is 6.35.